The van der Waals surface area contributed by atoms with E-state index < -0.39 is 0 Å². The van der Waals surface area contributed by atoms with Gasteiger partial charge in [-0.15, -0.1) is 0 Å². The molecule has 138 valence electrons. The predicted molar refractivity (Wildman–Crippen MR) is 94.4 cm³/mol. The average Bonchev–Trinajstić information content (AvgIpc) is 3.24. The van der Waals surface area contributed by atoms with E-state index in [0.717, 1.165) is 25.0 Å². The molecule has 2 fully saturated rings. The fourth-order valence-electron chi connectivity index (χ4n) is 3.87. The molecule has 2 aromatic heterocycles. The second-order valence-electron chi connectivity index (χ2n) is 7.13. The Hall–Kier alpha value is -2.25. The van der Waals surface area contributed by atoms with Gasteiger partial charge in [-0.2, -0.15) is 5.10 Å². The highest BCUT2D eigenvalue weighted by atomic mass is 16.5. The van der Waals surface area contributed by atoms with E-state index in [9.17, 15) is 4.79 Å². The van der Waals surface area contributed by atoms with Crippen LogP contribution >= 0.6 is 0 Å². The van der Waals surface area contributed by atoms with Crippen molar-refractivity contribution >= 4 is 5.91 Å². The van der Waals surface area contributed by atoms with Gasteiger partial charge in [0.2, 0.25) is 0 Å². The maximum atomic E-state index is 12.5. The summed E-state index contributed by atoms with van der Waals surface area (Å²) in [6.07, 6.45) is 7.33. The van der Waals surface area contributed by atoms with Crippen LogP contribution in [0.4, 0.5) is 0 Å². The summed E-state index contributed by atoms with van der Waals surface area (Å²) in [4.78, 5) is 18.3. The lowest BCUT2D eigenvalue weighted by molar-refractivity contribution is -0.120. The Bertz CT molecular complexity index is 755. The molecular formula is C19H24N4O3. The molecule has 2 aliphatic heterocycles. The minimum absolute atomic E-state index is 0.0144. The second kappa shape index (κ2) is 7.17. The predicted octanol–water partition coefficient (Wildman–Crippen LogP) is 1.65. The normalized spacial score (nSPS) is 21.1. The molecule has 0 aliphatic carbocycles. The molecule has 2 saturated heterocycles. The molecule has 0 bridgehead atoms. The Labute approximate surface area is 152 Å². The Balaban J connectivity index is 1.26. The minimum atomic E-state index is -0.190. The molecule has 4 heterocycles. The van der Waals surface area contributed by atoms with Gasteiger partial charge in [-0.25, -0.2) is 0 Å². The van der Waals surface area contributed by atoms with Crippen molar-refractivity contribution in [3.8, 4) is 0 Å². The number of aromatic nitrogens is 3. The summed E-state index contributed by atoms with van der Waals surface area (Å²) in [7, 11) is 1.82. The topological polar surface area (TPSA) is 69.5 Å². The third-order valence-electron chi connectivity index (χ3n) is 5.37. The lowest BCUT2D eigenvalue weighted by Crippen LogP contribution is -2.66. The zero-order valence-corrected chi connectivity index (χ0v) is 15.0. The van der Waals surface area contributed by atoms with E-state index in [-0.39, 0.29) is 11.5 Å². The van der Waals surface area contributed by atoms with Gasteiger partial charge in [0.25, 0.3) is 5.91 Å². The molecule has 1 atom stereocenters. The Kier molecular flexibility index (Phi) is 4.74. The van der Waals surface area contributed by atoms with Crippen molar-refractivity contribution < 1.29 is 14.3 Å². The molecule has 1 spiro atoms. The molecule has 7 heteroatoms. The van der Waals surface area contributed by atoms with E-state index in [2.05, 4.69) is 10.1 Å². The number of rotatable bonds is 6. The molecule has 4 rings (SSSR count). The number of amides is 1. The van der Waals surface area contributed by atoms with Crippen LogP contribution in [-0.4, -0.2) is 57.5 Å². The summed E-state index contributed by atoms with van der Waals surface area (Å²) in [6, 6.07) is 5.69. The molecule has 0 unspecified atom stereocenters. The lowest BCUT2D eigenvalue weighted by atomic mass is 9.79. The molecule has 26 heavy (non-hydrogen) atoms. The summed E-state index contributed by atoms with van der Waals surface area (Å²) < 4.78 is 13.5. The summed E-state index contributed by atoms with van der Waals surface area (Å²) in [5.41, 5.74) is 1.44. The van der Waals surface area contributed by atoms with E-state index >= 15 is 0 Å². The minimum Gasteiger partial charge on any atom is -0.377 e. The molecule has 7 nitrogen and oxygen atoms in total. The van der Waals surface area contributed by atoms with Crippen LogP contribution in [0.15, 0.2) is 36.8 Å². The van der Waals surface area contributed by atoms with Gasteiger partial charge >= 0.3 is 0 Å². The van der Waals surface area contributed by atoms with Crippen molar-refractivity contribution in [2.45, 2.75) is 25.0 Å². The Morgan fingerprint density at radius 2 is 2.15 bits per heavy atom. The zero-order valence-electron chi connectivity index (χ0n) is 15.0. The highest BCUT2D eigenvalue weighted by Gasteiger charge is 2.54. The molecule has 0 saturated carbocycles. The number of carbonyl (C=O) groups excluding carboxylic acids is 1. The number of aryl methyl sites for hydroxylation is 1. The van der Waals surface area contributed by atoms with Gasteiger partial charge in [0.15, 0.2) is 0 Å². The SMILES string of the molecule is Cn1ccc(C(=O)N2CC3(C2)OCC[C@@H]3CCOCc2ccncc2)n1. The first-order chi connectivity index (χ1) is 12.7. The maximum Gasteiger partial charge on any atom is 0.274 e. The van der Waals surface area contributed by atoms with Gasteiger partial charge in [0.05, 0.1) is 19.7 Å². The molecule has 2 aliphatic rings. The first kappa shape index (κ1) is 17.2. The number of hydrogen-bond acceptors (Lipinski definition) is 5. The number of carbonyl (C=O) groups is 1. The number of nitrogens with zero attached hydrogens (tertiary/aromatic N) is 4. The Morgan fingerprint density at radius 1 is 1.35 bits per heavy atom. The Morgan fingerprint density at radius 3 is 2.88 bits per heavy atom. The van der Waals surface area contributed by atoms with Crippen LogP contribution in [0.2, 0.25) is 0 Å². The summed E-state index contributed by atoms with van der Waals surface area (Å²) in [5.74, 6) is 0.423. The first-order valence-electron chi connectivity index (χ1n) is 9.06. The molecule has 0 N–H and O–H groups in total. The smallest absolute Gasteiger partial charge is 0.274 e. The monoisotopic (exact) mass is 356 g/mol. The third kappa shape index (κ3) is 3.37. The zero-order chi connectivity index (χ0) is 18.0. The van der Waals surface area contributed by atoms with Crippen LogP contribution in [0.25, 0.3) is 0 Å². The number of likely N-dealkylation sites (tertiary alicyclic amines) is 1. The van der Waals surface area contributed by atoms with Gasteiger partial charge in [-0.3, -0.25) is 14.5 Å². The van der Waals surface area contributed by atoms with Gasteiger partial charge in [-0.05, 0) is 42.5 Å². The maximum absolute atomic E-state index is 12.5. The molecular weight excluding hydrogens is 332 g/mol. The van der Waals surface area contributed by atoms with Crippen molar-refractivity contribution in [2.24, 2.45) is 13.0 Å². The molecule has 0 aromatic carbocycles. The van der Waals surface area contributed by atoms with E-state index in [4.69, 9.17) is 9.47 Å². The van der Waals surface area contributed by atoms with Gasteiger partial charge < -0.3 is 14.4 Å². The summed E-state index contributed by atoms with van der Waals surface area (Å²) >= 11 is 0. The van der Waals surface area contributed by atoms with E-state index in [0.29, 0.717) is 37.9 Å². The molecule has 2 aromatic rings. The number of pyridine rings is 1. The number of ether oxygens (including phenoxy) is 2. The van der Waals surface area contributed by atoms with Gasteiger partial charge in [0.1, 0.15) is 11.3 Å². The van der Waals surface area contributed by atoms with Crippen LogP contribution < -0.4 is 0 Å². The standard InChI is InChI=1S/C19H24N4O3/c1-22-9-4-17(21-22)18(24)23-13-19(14-23)16(6-11-26-19)5-10-25-12-15-2-7-20-8-3-15/h2-4,7-9,16H,5-6,10-14H2,1H3/t16-/m0/s1. The fraction of sp³-hybridized carbons (Fsp3) is 0.526. The van der Waals surface area contributed by atoms with E-state index in [1.54, 1.807) is 29.3 Å². The van der Waals surface area contributed by atoms with Gasteiger partial charge in [0, 0.05) is 38.9 Å². The van der Waals surface area contributed by atoms with Crippen LogP contribution in [0.5, 0.6) is 0 Å². The van der Waals surface area contributed by atoms with Crippen molar-refractivity contribution in [1.29, 1.82) is 0 Å². The van der Waals surface area contributed by atoms with Gasteiger partial charge in [-0.1, -0.05) is 0 Å². The van der Waals surface area contributed by atoms with E-state index in [1.165, 1.54) is 0 Å². The summed E-state index contributed by atoms with van der Waals surface area (Å²) in [5, 5.41) is 4.20. The lowest BCUT2D eigenvalue weighted by Gasteiger charge is -2.50. The quantitative estimate of drug-likeness (QED) is 0.736. The van der Waals surface area contributed by atoms with Crippen LogP contribution in [0.3, 0.4) is 0 Å². The van der Waals surface area contributed by atoms with Crippen molar-refractivity contribution in [2.75, 3.05) is 26.3 Å². The first-order valence-corrected chi connectivity index (χ1v) is 9.06. The van der Waals surface area contributed by atoms with Crippen LogP contribution in [-0.2, 0) is 23.1 Å². The van der Waals surface area contributed by atoms with Crippen molar-refractivity contribution in [3.05, 3.63) is 48.0 Å². The molecule has 1 amide bonds. The third-order valence-corrected chi connectivity index (χ3v) is 5.37. The second-order valence-corrected chi connectivity index (χ2v) is 7.13. The van der Waals surface area contributed by atoms with Crippen LogP contribution in [0.1, 0.15) is 28.9 Å². The highest BCUT2D eigenvalue weighted by molar-refractivity contribution is 5.93. The highest BCUT2D eigenvalue weighted by Crippen LogP contribution is 2.42. The van der Waals surface area contributed by atoms with Crippen molar-refractivity contribution in [1.82, 2.24) is 19.7 Å². The fourth-order valence-corrected chi connectivity index (χ4v) is 3.87. The average molecular weight is 356 g/mol. The molecule has 0 radical (unpaired) electrons. The van der Waals surface area contributed by atoms with Crippen LogP contribution in [0, 0.1) is 5.92 Å². The largest absolute Gasteiger partial charge is 0.377 e. The van der Waals surface area contributed by atoms with Crippen molar-refractivity contribution in [3.63, 3.8) is 0 Å². The number of hydrogen-bond donors (Lipinski definition) is 0. The summed E-state index contributed by atoms with van der Waals surface area (Å²) in [6.45, 7) is 3.37. The van der Waals surface area contributed by atoms with E-state index in [1.807, 2.05) is 24.1 Å².